The molecule has 0 unspecified atom stereocenters. The molecule has 0 bridgehead atoms. The summed E-state index contributed by atoms with van der Waals surface area (Å²) in [5.74, 6) is -0.296. The van der Waals surface area contributed by atoms with Crippen molar-refractivity contribution in [1.29, 1.82) is 0 Å². The molecule has 5 rings (SSSR count). The average Bonchev–Trinajstić information content (AvgIpc) is 3.18. The highest BCUT2D eigenvalue weighted by Crippen LogP contribution is 2.42. The van der Waals surface area contributed by atoms with E-state index in [1.54, 1.807) is 18.3 Å². The van der Waals surface area contributed by atoms with E-state index in [-0.39, 0.29) is 5.91 Å². The van der Waals surface area contributed by atoms with Gasteiger partial charge in [-0.2, -0.15) is 0 Å². The summed E-state index contributed by atoms with van der Waals surface area (Å²) in [5.41, 5.74) is 8.93. The van der Waals surface area contributed by atoms with Crippen molar-refractivity contribution in [2.45, 2.75) is 0 Å². The Morgan fingerprint density at radius 3 is 2.38 bits per heavy atom. The lowest BCUT2D eigenvalue weighted by molar-refractivity contribution is 0.0537. The minimum Gasteiger partial charge on any atom is -0.369 e. The number of nitrogens with zero attached hydrogens (tertiary/aromatic N) is 3. The van der Waals surface area contributed by atoms with E-state index in [1.807, 2.05) is 25.2 Å². The van der Waals surface area contributed by atoms with E-state index >= 15 is 0 Å². The van der Waals surface area contributed by atoms with Crippen LogP contribution in [0.1, 0.15) is 10.4 Å². The Labute approximate surface area is 203 Å². The molecule has 1 saturated heterocycles. The molecule has 0 spiro atoms. The maximum atomic E-state index is 12.1. The molecule has 7 nitrogen and oxygen atoms in total. The number of hydroxylamine groups is 1. The van der Waals surface area contributed by atoms with Crippen molar-refractivity contribution in [3.05, 3.63) is 71.4 Å². The van der Waals surface area contributed by atoms with Gasteiger partial charge in [-0.25, -0.2) is 10.5 Å². The number of carbonyl (C=O) groups excluding carboxylic acids is 1. The number of rotatable bonds is 5. The highest BCUT2D eigenvalue weighted by atomic mass is 35.5. The normalized spacial score (nSPS) is 13.9. The number of halogens is 1. The molecule has 1 amide bonds. The highest BCUT2D eigenvalue weighted by Gasteiger charge is 2.22. The number of aromatic nitrogens is 2. The second-order valence-electron chi connectivity index (χ2n) is 8.27. The standard InChI is InChI=1S/C26H26ClN5O2/c1-31-24(18-7-9-20(10-8-18)32-15-13-28-14-16-32)22(23-21(27)11-12-29-25(23)31)17-3-5-19(6-4-17)26(33)30-34-2/h3-12,28H,13-16H2,1-2H3,(H,30,33). The molecular formula is C26H26ClN5O2. The predicted molar refractivity (Wildman–Crippen MR) is 136 cm³/mol. The van der Waals surface area contributed by atoms with Gasteiger partial charge in [-0.15, -0.1) is 0 Å². The van der Waals surface area contributed by atoms with Crippen LogP contribution in [0.5, 0.6) is 0 Å². The van der Waals surface area contributed by atoms with Crippen LogP contribution in [0.3, 0.4) is 0 Å². The maximum Gasteiger partial charge on any atom is 0.274 e. The van der Waals surface area contributed by atoms with Gasteiger partial charge >= 0.3 is 0 Å². The number of benzene rings is 2. The molecule has 8 heteroatoms. The van der Waals surface area contributed by atoms with Crippen LogP contribution in [0.2, 0.25) is 5.02 Å². The van der Waals surface area contributed by atoms with Gasteiger partial charge in [0.1, 0.15) is 5.65 Å². The molecule has 34 heavy (non-hydrogen) atoms. The van der Waals surface area contributed by atoms with Crippen LogP contribution < -0.4 is 15.7 Å². The Hall–Kier alpha value is -3.39. The van der Waals surface area contributed by atoms with Crippen molar-refractivity contribution in [2.24, 2.45) is 7.05 Å². The van der Waals surface area contributed by atoms with Crippen molar-refractivity contribution < 1.29 is 9.63 Å². The molecule has 174 valence electrons. The largest absolute Gasteiger partial charge is 0.369 e. The predicted octanol–water partition coefficient (Wildman–Crippen LogP) is 4.26. The van der Waals surface area contributed by atoms with Crippen LogP contribution in [-0.2, 0) is 11.9 Å². The van der Waals surface area contributed by atoms with Gasteiger partial charge in [0.15, 0.2) is 0 Å². The molecule has 2 N–H and O–H groups in total. The molecule has 1 aliphatic heterocycles. The van der Waals surface area contributed by atoms with Gasteiger partial charge in [0.05, 0.1) is 17.8 Å². The maximum absolute atomic E-state index is 12.1. The van der Waals surface area contributed by atoms with Crippen LogP contribution in [0, 0.1) is 0 Å². The van der Waals surface area contributed by atoms with E-state index < -0.39 is 0 Å². The van der Waals surface area contributed by atoms with Gasteiger partial charge in [0.25, 0.3) is 5.91 Å². The second-order valence-corrected chi connectivity index (χ2v) is 8.68. The van der Waals surface area contributed by atoms with E-state index in [0.717, 1.165) is 59.6 Å². The Morgan fingerprint density at radius 2 is 1.71 bits per heavy atom. The number of hydrogen-bond acceptors (Lipinski definition) is 5. The van der Waals surface area contributed by atoms with Crippen molar-refractivity contribution >= 4 is 34.2 Å². The topological polar surface area (TPSA) is 71.4 Å². The minimum absolute atomic E-state index is 0.296. The molecule has 0 saturated carbocycles. The van der Waals surface area contributed by atoms with Gasteiger partial charge < -0.3 is 14.8 Å². The van der Waals surface area contributed by atoms with Gasteiger partial charge in [0.2, 0.25) is 0 Å². The van der Waals surface area contributed by atoms with Crippen LogP contribution >= 0.6 is 11.6 Å². The number of nitrogens with one attached hydrogen (secondary N) is 2. The zero-order chi connectivity index (χ0) is 23.7. The molecule has 1 fully saturated rings. The third-order valence-electron chi connectivity index (χ3n) is 6.27. The molecule has 0 aliphatic carbocycles. The van der Waals surface area contributed by atoms with E-state index in [1.165, 1.54) is 12.8 Å². The van der Waals surface area contributed by atoms with Crippen molar-refractivity contribution in [2.75, 3.05) is 38.2 Å². The third-order valence-corrected chi connectivity index (χ3v) is 6.59. The summed E-state index contributed by atoms with van der Waals surface area (Å²) in [6.07, 6.45) is 1.73. The van der Waals surface area contributed by atoms with Crippen LogP contribution in [0.25, 0.3) is 33.4 Å². The zero-order valence-electron chi connectivity index (χ0n) is 19.1. The lowest BCUT2D eigenvalue weighted by Gasteiger charge is -2.29. The van der Waals surface area contributed by atoms with E-state index in [4.69, 9.17) is 16.4 Å². The summed E-state index contributed by atoms with van der Waals surface area (Å²) < 4.78 is 2.09. The monoisotopic (exact) mass is 475 g/mol. The van der Waals surface area contributed by atoms with E-state index in [0.29, 0.717) is 10.6 Å². The third kappa shape index (κ3) is 4.03. The first-order valence-electron chi connectivity index (χ1n) is 11.2. The smallest absolute Gasteiger partial charge is 0.274 e. The molecule has 3 heterocycles. The highest BCUT2D eigenvalue weighted by molar-refractivity contribution is 6.37. The van der Waals surface area contributed by atoms with E-state index in [2.05, 4.69) is 49.5 Å². The van der Waals surface area contributed by atoms with Gasteiger partial charge in [-0.3, -0.25) is 9.63 Å². The number of carbonyl (C=O) groups is 1. The van der Waals surface area contributed by atoms with Gasteiger partial charge in [-0.1, -0.05) is 35.9 Å². The summed E-state index contributed by atoms with van der Waals surface area (Å²) in [5, 5.41) is 4.93. The fourth-order valence-electron chi connectivity index (χ4n) is 4.62. The second kappa shape index (κ2) is 9.46. The molecule has 2 aromatic heterocycles. The number of amides is 1. The van der Waals surface area contributed by atoms with Gasteiger partial charge in [-0.05, 0) is 41.5 Å². The first kappa shape index (κ1) is 22.4. The lowest BCUT2D eigenvalue weighted by Crippen LogP contribution is -2.43. The number of anilines is 1. The van der Waals surface area contributed by atoms with E-state index in [9.17, 15) is 4.79 Å². The molecule has 2 aromatic carbocycles. The average molecular weight is 476 g/mol. The van der Waals surface area contributed by atoms with Crippen LogP contribution in [-0.4, -0.2) is 48.7 Å². The number of aryl methyl sites for hydroxylation is 1. The van der Waals surface area contributed by atoms with Crippen LogP contribution in [0.15, 0.2) is 60.8 Å². The zero-order valence-corrected chi connectivity index (χ0v) is 19.9. The fraction of sp³-hybridized carbons (Fsp3) is 0.231. The fourth-order valence-corrected chi connectivity index (χ4v) is 4.85. The SMILES string of the molecule is CONC(=O)c1ccc(-c2c(-c3ccc(N4CCNCC4)cc3)n(C)c3nccc(Cl)c23)cc1. The van der Waals surface area contributed by atoms with Crippen molar-refractivity contribution in [3.63, 3.8) is 0 Å². The molecule has 0 atom stereocenters. The molecule has 4 aromatic rings. The molecule has 1 aliphatic rings. The van der Waals surface area contributed by atoms with Crippen LogP contribution in [0.4, 0.5) is 5.69 Å². The van der Waals surface area contributed by atoms with Gasteiger partial charge in [0, 0.05) is 61.6 Å². The lowest BCUT2D eigenvalue weighted by atomic mass is 9.97. The Morgan fingerprint density at radius 1 is 1.03 bits per heavy atom. The minimum atomic E-state index is -0.296. The first-order valence-corrected chi connectivity index (χ1v) is 11.6. The summed E-state index contributed by atoms with van der Waals surface area (Å²) in [6.45, 7) is 4.00. The summed E-state index contributed by atoms with van der Waals surface area (Å²) in [7, 11) is 3.42. The number of pyridine rings is 1. The number of hydrogen-bond donors (Lipinski definition) is 2. The Kier molecular flexibility index (Phi) is 6.24. The van der Waals surface area contributed by atoms with Crippen molar-refractivity contribution in [3.8, 4) is 22.4 Å². The number of piperazine rings is 1. The summed E-state index contributed by atoms with van der Waals surface area (Å²) >= 11 is 6.69. The quantitative estimate of drug-likeness (QED) is 0.422. The number of fused-ring (bicyclic) bond motifs is 1. The molecular weight excluding hydrogens is 450 g/mol. The first-order chi connectivity index (χ1) is 16.6. The summed E-state index contributed by atoms with van der Waals surface area (Å²) in [6, 6.07) is 17.9. The summed E-state index contributed by atoms with van der Waals surface area (Å²) in [4.78, 5) is 23.9. The Balaban J connectivity index is 1.63. The Bertz CT molecular complexity index is 1330. The molecule has 0 radical (unpaired) electrons. The van der Waals surface area contributed by atoms with Crippen molar-refractivity contribution in [1.82, 2.24) is 20.3 Å².